The molecule has 2 amide bonds. The lowest BCUT2D eigenvalue weighted by atomic mass is 10.2. The van der Waals surface area contributed by atoms with Gasteiger partial charge in [-0.25, -0.2) is 0 Å². The maximum atomic E-state index is 10.8. The fourth-order valence-electron chi connectivity index (χ4n) is 0.751. The number of primary amides is 2. The molecule has 0 saturated heterocycles. The molecule has 0 aliphatic rings. The second-order valence-electron chi connectivity index (χ2n) is 2.78. The maximum Gasteiger partial charge on any atom is 0.522 e. The van der Waals surface area contributed by atoms with E-state index in [4.69, 9.17) is 26.1 Å². The third-order valence-electron chi connectivity index (χ3n) is 1.31. The monoisotopic (exact) mass is 271 g/mol. The smallest absolute Gasteiger partial charge is 0.370 e. The third-order valence-corrected chi connectivity index (χ3v) is 2.20. The predicted octanol–water partition coefficient (Wildman–Crippen LogP) is -3.17. The molecule has 0 bridgehead atoms. The molecule has 92 valence electrons. The summed E-state index contributed by atoms with van der Waals surface area (Å²) in [6.45, 7) is 0. The van der Waals surface area contributed by atoms with Crippen molar-refractivity contribution >= 4 is 37.2 Å². The lowest BCUT2D eigenvalue weighted by Gasteiger charge is -2.15. The number of hydrogen-bond donors (Lipinski definition) is 7. The molecule has 0 saturated carbocycles. The van der Waals surface area contributed by atoms with Crippen molar-refractivity contribution in [2.45, 2.75) is 12.5 Å². The fraction of sp³-hybridized carbons (Fsp3) is 0.400. The molecule has 0 heterocycles. The Bertz CT molecular complexity index is 306. The number of carbonyl (C=O) groups excluding carboxylic acids is 2. The van der Waals surface area contributed by atoms with Gasteiger partial charge < -0.3 is 16.8 Å². The molecule has 0 rings (SSSR count). The van der Waals surface area contributed by atoms with Gasteiger partial charge in [0.15, 0.2) is 0 Å². The molecule has 0 aliphatic heterocycles. The van der Waals surface area contributed by atoms with Crippen LogP contribution in [0.2, 0.25) is 0 Å². The first-order valence-electron chi connectivity index (χ1n) is 3.85. The van der Waals surface area contributed by atoms with Crippen LogP contribution >= 0.6 is 20.3 Å². The van der Waals surface area contributed by atoms with E-state index in [0.29, 0.717) is 0 Å². The Morgan fingerprint density at radius 2 is 1.81 bits per heavy atom. The first-order chi connectivity index (χ1) is 7.11. The first-order valence-corrected chi connectivity index (χ1v) is 5.91. The van der Waals surface area contributed by atoms with E-state index in [1.807, 2.05) is 0 Å². The highest BCUT2D eigenvalue weighted by Crippen LogP contribution is 2.38. The van der Waals surface area contributed by atoms with Crippen molar-refractivity contribution in [3.8, 4) is 0 Å². The number of nitrogens with one attached hydrogen (secondary N) is 2. The standard InChI is InChI=1S/C5H11N4O5PS/c6-3(10)1-2(4(7)11)8-5(16)9-15(12,13)14/h2,12-14H,1H2,(H5-,6,7,8,9,10,11,16)/p+1. The van der Waals surface area contributed by atoms with Crippen molar-refractivity contribution in [3.63, 3.8) is 0 Å². The summed E-state index contributed by atoms with van der Waals surface area (Å²) >= 11 is 4.52. The Balaban J connectivity index is 4.35. The predicted molar refractivity (Wildman–Crippen MR) is 59.2 cm³/mol. The zero-order chi connectivity index (χ0) is 12.9. The van der Waals surface area contributed by atoms with Gasteiger partial charge in [-0.15, -0.1) is 0 Å². The molecule has 0 spiro atoms. The molecule has 1 atom stereocenters. The van der Waals surface area contributed by atoms with Crippen LogP contribution in [0.1, 0.15) is 6.42 Å². The summed E-state index contributed by atoms with van der Waals surface area (Å²) in [6, 6.07) is -1.19. The Hall–Kier alpha value is -1.06. The molecule has 0 aromatic heterocycles. The van der Waals surface area contributed by atoms with Crippen LogP contribution < -0.4 is 21.9 Å². The van der Waals surface area contributed by atoms with E-state index >= 15 is 0 Å². The molecule has 16 heavy (non-hydrogen) atoms. The largest absolute Gasteiger partial charge is 0.522 e. The summed E-state index contributed by atoms with van der Waals surface area (Å²) in [5.41, 5.74) is 9.76. The Morgan fingerprint density at radius 3 is 2.12 bits per heavy atom. The number of carbonyl (C=O) groups is 2. The topological polar surface area (TPSA) is 171 Å². The van der Waals surface area contributed by atoms with Crippen molar-refractivity contribution in [2.24, 2.45) is 11.5 Å². The normalized spacial score (nSPS) is 12.7. The highest BCUT2D eigenvalue weighted by Gasteiger charge is 2.33. The van der Waals surface area contributed by atoms with Crippen molar-refractivity contribution in [2.75, 3.05) is 0 Å². The lowest BCUT2D eigenvalue weighted by Crippen LogP contribution is -2.49. The van der Waals surface area contributed by atoms with Gasteiger partial charge in [0.2, 0.25) is 16.9 Å². The van der Waals surface area contributed by atoms with E-state index < -0.39 is 37.5 Å². The van der Waals surface area contributed by atoms with Gasteiger partial charge >= 0.3 is 8.09 Å². The number of thiocarbonyl (C=S) groups is 1. The minimum absolute atomic E-state index is 0.412. The van der Waals surface area contributed by atoms with Crippen molar-refractivity contribution < 1.29 is 24.3 Å². The number of hydrogen-bond acceptors (Lipinski definition) is 6. The average Bonchev–Trinajstić information content (AvgIpc) is 1.97. The van der Waals surface area contributed by atoms with Crippen molar-refractivity contribution in [3.05, 3.63) is 0 Å². The van der Waals surface area contributed by atoms with Crippen LogP contribution in [0.3, 0.4) is 0 Å². The molecular weight excluding hydrogens is 259 g/mol. The van der Waals surface area contributed by atoms with E-state index in [9.17, 15) is 9.59 Å². The minimum atomic E-state index is -4.31. The van der Waals surface area contributed by atoms with Gasteiger partial charge in [-0.1, -0.05) is 0 Å². The lowest BCUT2D eigenvalue weighted by molar-refractivity contribution is -0.124. The van der Waals surface area contributed by atoms with Crippen LogP contribution in [-0.2, 0) is 9.59 Å². The zero-order valence-corrected chi connectivity index (χ0v) is 9.66. The van der Waals surface area contributed by atoms with Gasteiger partial charge in [0.25, 0.3) is 0 Å². The second kappa shape index (κ2) is 5.87. The molecule has 0 aromatic rings. The Kier molecular flexibility index (Phi) is 5.48. The van der Waals surface area contributed by atoms with Gasteiger partial charge in [0.05, 0.1) is 6.42 Å². The van der Waals surface area contributed by atoms with Crippen LogP contribution in [0.15, 0.2) is 0 Å². The van der Waals surface area contributed by atoms with E-state index in [2.05, 4.69) is 17.5 Å². The van der Waals surface area contributed by atoms with Crippen molar-refractivity contribution in [1.29, 1.82) is 0 Å². The fourth-order valence-corrected chi connectivity index (χ4v) is 1.60. The summed E-state index contributed by atoms with van der Waals surface area (Å²) in [5, 5.41) is 3.47. The van der Waals surface area contributed by atoms with E-state index in [-0.39, 0.29) is 0 Å². The van der Waals surface area contributed by atoms with Crippen molar-refractivity contribution in [1.82, 2.24) is 10.4 Å². The van der Waals surface area contributed by atoms with Gasteiger partial charge in [0.1, 0.15) is 6.04 Å². The molecule has 0 radical (unpaired) electrons. The maximum absolute atomic E-state index is 10.8. The summed E-state index contributed by atoms with van der Waals surface area (Å²) in [7, 11) is -4.31. The van der Waals surface area contributed by atoms with Crippen LogP contribution in [0.4, 0.5) is 0 Å². The highest BCUT2D eigenvalue weighted by molar-refractivity contribution is 7.81. The van der Waals surface area contributed by atoms with Gasteiger partial charge in [0, 0.05) is 0 Å². The van der Waals surface area contributed by atoms with Gasteiger partial charge in [-0.05, 0) is 12.2 Å². The molecule has 0 aliphatic carbocycles. The zero-order valence-electron chi connectivity index (χ0n) is 7.95. The Morgan fingerprint density at radius 1 is 1.31 bits per heavy atom. The number of amides is 2. The summed E-state index contributed by atoms with van der Waals surface area (Å²) in [6.07, 6.45) is -0.412. The summed E-state index contributed by atoms with van der Waals surface area (Å²) in [5.74, 6) is -1.70. The van der Waals surface area contributed by atoms with Crippen LogP contribution in [0.25, 0.3) is 0 Å². The summed E-state index contributed by atoms with van der Waals surface area (Å²) in [4.78, 5) is 47.2. The molecular formula is C5H12N4O5PS+. The molecule has 1 unspecified atom stereocenters. The van der Waals surface area contributed by atoms with Crippen LogP contribution in [0, 0.1) is 0 Å². The minimum Gasteiger partial charge on any atom is -0.370 e. The second-order valence-corrected chi connectivity index (χ2v) is 4.55. The van der Waals surface area contributed by atoms with Gasteiger partial charge in [-0.3, -0.25) is 9.59 Å². The van der Waals surface area contributed by atoms with Gasteiger partial charge in [-0.2, -0.15) is 19.8 Å². The summed E-state index contributed by atoms with van der Waals surface area (Å²) < 4.78 is 0. The molecule has 0 fully saturated rings. The van der Waals surface area contributed by atoms with E-state index in [1.165, 1.54) is 0 Å². The van der Waals surface area contributed by atoms with E-state index in [1.54, 1.807) is 5.09 Å². The third kappa shape index (κ3) is 7.26. The number of rotatable bonds is 5. The van der Waals surface area contributed by atoms with E-state index in [0.717, 1.165) is 0 Å². The molecule has 9 N–H and O–H groups in total. The SMILES string of the molecule is NC(=O)CC(NC(=S)N[P+](O)(O)O)C(N)=O. The molecule has 11 heteroatoms. The average molecular weight is 271 g/mol. The van der Waals surface area contributed by atoms with Crippen LogP contribution in [0.5, 0.6) is 0 Å². The Labute approximate surface area is 96.4 Å². The number of nitrogens with two attached hydrogens (primary N) is 2. The first kappa shape index (κ1) is 14.9. The highest BCUT2D eigenvalue weighted by atomic mass is 32.1. The quantitative estimate of drug-likeness (QED) is 0.203. The molecule has 0 aromatic carbocycles. The molecule has 9 nitrogen and oxygen atoms in total. The van der Waals surface area contributed by atoms with Crippen LogP contribution in [-0.4, -0.2) is 37.6 Å².